The van der Waals surface area contributed by atoms with Gasteiger partial charge in [0.1, 0.15) is 12.4 Å². The summed E-state index contributed by atoms with van der Waals surface area (Å²) in [5.74, 6) is 6.64. The fourth-order valence-electron chi connectivity index (χ4n) is 4.01. The third-order valence-corrected chi connectivity index (χ3v) is 7.08. The number of fused-ring (bicyclic) bond motifs is 1. The average molecular weight is 485 g/mol. The summed E-state index contributed by atoms with van der Waals surface area (Å²) >= 11 is 1.73. The van der Waals surface area contributed by atoms with E-state index in [2.05, 4.69) is 35.5 Å². The van der Waals surface area contributed by atoms with Crippen LogP contribution >= 0.6 is 11.9 Å². The molecule has 1 unspecified atom stereocenters. The van der Waals surface area contributed by atoms with Gasteiger partial charge in [-0.2, -0.15) is 0 Å². The molecule has 2 aromatic rings. The van der Waals surface area contributed by atoms with Crippen LogP contribution in [0.3, 0.4) is 0 Å². The highest BCUT2D eigenvalue weighted by Crippen LogP contribution is 2.36. The maximum atomic E-state index is 12.4. The summed E-state index contributed by atoms with van der Waals surface area (Å²) < 4.78 is 13.5. The molecule has 1 atom stereocenters. The standard InChI is InChI=1S/C26H36N4O3S/c1-4-32-26(31)16-21(11-12-23(17-27)29(3)28)20-10-9-19(2)22(15-20)18-30-13-14-33-24-7-5-6-8-25(24)34-30/h5-10,15,17,21H,4,11-14,16,18,27-28H2,1-3H3/b23-17-. The summed E-state index contributed by atoms with van der Waals surface area (Å²) in [6.07, 6.45) is 3.26. The second-order valence-corrected chi connectivity index (χ2v) is 9.59. The predicted octanol–water partition coefficient (Wildman–Crippen LogP) is 4.32. The first kappa shape index (κ1) is 25.9. The van der Waals surface area contributed by atoms with Crippen molar-refractivity contribution in [3.05, 3.63) is 71.1 Å². The van der Waals surface area contributed by atoms with Crippen LogP contribution in [-0.2, 0) is 16.1 Å². The third-order valence-electron chi connectivity index (χ3n) is 5.98. The first-order valence-electron chi connectivity index (χ1n) is 11.7. The molecule has 2 aromatic carbocycles. The number of nitrogens with two attached hydrogens (primary N) is 2. The van der Waals surface area contributed by atoms with Crippen molar-refractivity contribution in [3.8, 4) is 5.75 Å². The number of hydrogen-bond donors (Lipinski definition) is 2. The van der Waals surface area contributed by atoms with Crippen molar-refractivity contribution in [2.75, 3.05) is 26.8 Å². The number of ether oxygens (including phenoxy) is 2. The van der Waals surface area contributed by atoms with E-state index in [-0.39, 0.29) is 11.9 Å². The Labute approximate surface area is 207 Å². The van der Waals surface area contributed by atoms with Crippen molar-refractivity contribution >= 4 is 17.9 Å². The molecule has 0 fully saturated rings. The van der Waals surface area contributed by atoms with Crippen LogP contribution in [0.5, 0.6) is 5.75 Å². The van der Waals surface area contributed by atoms with Gasteiger partial charge in [-0.3, -0.25) is 4.79 Å². The van der Waals surface area contributed by atoms with E-state index in [4.69, 9.17) is 21.1 Å². The van der Waals surface area contributed by atoms with Crippen molar-refractivity contribution in [2.24, 2.45) is 11.6 Å². The molecule has 34 heavy (non-hydrogen) atoms. The fraction of sp³-hybridized carbons (Fsp3) is 0.423. The number of para-hydroxylation sites is 1. The molecule has 4 N–H and O–H groups in total. The van der Waals surface area contributed by atoms with E-state index in [0.717, 1.165) is 41.4 Å². The first-order chi connectivity index (χ1) is 16.4. The smallest absolute Gasteiger partial charge is 0.306 e. The maximum absolute atomic E-state index is 12.4. The Balaban J connectivity index is 1.80. The van der Waals surface area contributed by atoms with Gasteiger partial charge in [0, 0.05) is 32.0 Å². The van der Waals surface area contributed by atoms with E-state index >= 15 is 0 Å². The van der Waals surface area contributed by atoms with Crippen LogP contribution in [0, 0.1) is 6.92 Å². The fourth-order valence-corrected chi connectivity index (χ4v) is 5.02. The summed E-state index contributed by atoms with van der Waals surface area (Å²) in [6.45, 7) is 6.59. The zero-order valence-corrected chi connectivity index (χ0v) is 21.1. The number of nitrogens with zero attached hydrogens (tertiary/aromatic N) is 2. The summed E-state index contributed by atoms with van der Waals surface area (Å²) in [7, 11) is 1.77. The Hall–Kier alpha value is -2.68. The van der Waals surface area contributed by atoms with E-state index < -0.39 is 0 Å². The molecule has 3 rings (SSSR count). The number of carbonyl (C=O) groups is 1. The molecule has 8 heteroatoms. The predicted molar refractivity (Wildman–Crippen MR) is 137 cm³/mol. The number of carbonyl (C=O) groups excluding carboxylic acids is 1. The Bertz CT molecular complexity index is 996. The largest absolute Gasteiger partial charge is 0.491 e. The zero-order chi connectivity index (χ0) is 24.5. The molecule has 0 spiro atoms. The number of allylic oxidation sites excluding steroid dienone is 1. The Morgan fingerprint density at radius 2 is 2.12 bits per heavy atom. The van der Waals surface area contributed by atoms with Gasteiger partial charge in [-0.1, -0.05) is 30.3 Å². The van der Waals surface area contributed by atoms with E-state index in [0.29, 0.717) is 26.1 Å². The Morgan fingerprint density at radius 3 is 2.85 bits per heavy atom. The third kappa shape index (κ3) is 7.16. The number of esters is 1. The lowest BCUT2D eigenvalue weighted by atomic mass is 9.88. The number of hydrogen-bond acceptors (Lipinski definition) is 8. The monoisotopic (exact) mass is 484 g/mol. The van der Waals surface area contributed by atoms with Crippen molar-refractivity contribution in [2.45, 2.75) is 50.5 Å². The van der Waals surface area contributed by atoms with Crippen molar-refractivity contribution in [1.82, 2.24) is 9.31 Å². The lowest BCUT2D eigenvalue weighted by Crippen LogP contribution is -2.26. The molecule has 0 aliphatic carbocycles. The minimum Gasteiger partial charge on any atom is -0.491 e. The van der Waals surface area contributed by atoms with Crippen LogP contribution in [0.1, 0.15) is 48.8 Å². The highest BCUT2D eigenvalue weighted by molar-refractivity contribution is 7.97. The van der Waals surface area contributed by atoms with Crippen LogP contribution in [0.25, 0.3) is 0 Å². The molecule has 0 saturated carbocycles. The second-order valence-electron chi connectivity index (χ2n) is 8.45. The number of hydrazine groups is 1. The molecule has 0 amide bonds. The SMILES string of the molecule is CCOC(=O)CC(CC/C(=C/N)N(C)N)c1ccc(C)c(CN2CCOc3ccccc3S2)c1. The van der Waals surface area contributed by atoms with E-state index in [1.165, 1.54) is 22.3 Å². The molecule has 0 radical (unpaired) electrons. The summed E-state index contributed by atoms with van der Waals surface area (Å²) in [5.41, 5.74) is 10.2. The van der Waals surface area contributed by atoms with Crippen molar-refractivity contribution in [1.29, 1.82) is 0 Å². The molecule has 1 aliphatic heterocycles. The van der Waals surface area contributed by atoms with Crippen LogP contribution in [0.15, 0.2) is 59.3 Å². The van der Waals surface area contributed by atoms with Crippen LogP contribution in [0.2, 0.25) is 0 Å². The molecular weight excluding hydrogens is 448 g/mol. The number of aryl methyl sites for hydroxylation is 1. The molecule has 0 saturated heterocycles. The van der Waals surface area contributed by atoms with Crippen LogP contribution in [0.4, 0.5) is 0 Å². The highest BCUT2D eigenvalue weighted by atomic mass is 32.2. The van der Waals surface area contributed by atoms with E-state index in [1.807, 2.05) is 25.1 Å². The minimum absolute atomic E-state index is 0.00847. The van der Waals surface area contributed by atoms with Gasteiger partial charge in [0.25, 0.3) is 0 Å². The molecule has 184 valence electrons. The van der Waals surface area contributed by atoms with Crippen LogP contribution in [-0.4, -0.2) is 42.1 Å². The Morgan fingerprint density at radius 1 is 1.32 bits per heavy atom. The number of benzene rings is 2. The maximum Gasteiger partial charge on any atom is 0.306 e. The van der Waals surface area contributed by atoms with Gasteiger partial charge in [-0.25, -0.2) is 10.1 Å². The summed E-state index contributed by atoms with van der Waals surface area (Å²) in [5, 5.41) is 1.53. The molecular formula is C26H36N4O3S. The zero-order valence-electron chi connectivity index (χ0n) is 20.3. The number of rotatable bonds is 10. The first-order valence-corrected chi connectivity index (χ1v) is 12.5. The molecule has 0 bridgehead atoms. The highest BCUT2D eigenvalue weighted by Gasteiger charge is 2.21. The Kier molecular flexibility index (Phi) is 9.68. The molecule has 7 nitrogen and oxygen atoms in total. The average Bonchev–Trinajstić information content (AvgIpc) is 3.02. The quantitative estimate of drug-likeness (QED) is 0.223. The second kappa shape index (κ2) is 12.7. The van der Waals surface area contributed by atoms with Gasteiger partial charge < -0.3 is 20.2 Å². The van der Waals surface area contributed by atoms with Gasteiger partial charge in [0.2, 0.25) is 0 Å². The summed E-state index contributed by atoms with van der Waals surface area (Å²) in [4.78, 5) is 13.5. The molecule has 0 aromatic heterocycles. The van der Waals surface area contributed by atoms with Crippen molar-refractivity contribution < 1.29 is 14.3 Å². The van der Waals surface area contributed by atoms with Crippen LogP contribution < -0.4 is 16.3 Å². The molecule has 1 heterocycles. The van der Waals surface area contributed by atoms with Gasteiger partial charge in [-0.05, 0) is 73.4 Å². The lowest BCUT2D eigenvalue weighted by molar-refractivity contribution is -0.143. The van der Waals surface area contributed by atoms with Gasteiger partial charge in [-0.15, -0.1) is 0 Å². The summed E-state index contributed by atoms with van der Waals surface area (Å²) in [6, 6.07) is 14.6. The lowest BCUT2D eigenvalue weighted by Gasteiger charge is -2.23. The topological polar surface area (TPSA) is 94.0 Å². The van der Waals surface area contributed by atoms with Gasteiger partial charge in [0.05, 0.1) is 17.9 Å². The van der Waals surface area contributed by atoms with Gasteiger partial charge >= 0.3 is 5.97 Å². The van der Waals surface area contributed by atoms with E-state index in [9.17, 15) is 4.79 Å². The van der Waals surface area contributed by atoms with Gasteiger partial charge in [0.15, 0.2) is 0 Å². The van der Waals surface area contributed by atoms with E-state index in [1.54, 1.807) is 19.0 Å². The normalized spacial score (nSPS) is 15.1. The molecule has 1 aliphatic rings. The van der Waals surface area contributed by atoms with Crippen molar-refractivity contribution in [3.63, 3.8) is 0 Å². The minimum atomic E-state index is -0.189.